The van der Waals surface area contributed by atoms with Gasteiger partial charge < -0.3 is 15.4 Å². The number of nitrogens with one attached hydrogen (secondary N) is 2. The molecule has 2 aromatic heterocycles. The molecule has 2 heterocycles. The van der Waals surface area contributed by atoms with Crippen LogP contribution in [-0.2, 0) is 6.42 Å². The molecule has 2 aromatic carbocycles. The third-order valence-electron chi connectivity index (χ3n) is 4.78. The van der Waals surface area contributed by atoms with Gasteiger partial charge in [-0.2, -0.15) is 0 Å². The number of ether oxygens (including phenoxy) is 1. The fourth-order valence-electron chi connectivity index (χ4n) is 3.20. The highest BCUT2D eigenvalue weighted by atomic mass is 16.5. The number of amides is 1. The zero-order chi connectivity index (χ0) is 20.8. The topological polar surface area (TPSA) is 76.1 Å². The maximum absolute atomic E-state index is 12.6. The van der Waals surface area contributed by atoms with E-state index < -0.39 is 0 Å². The maximum Gasteiger partial charge on any atom is 0.251 e. The highest BCUT2D eigenvalue weighted by Gasteiger charge is 2.08. The number of carbonyl (C=O) groups excluding carboxylic acids is 1. The summed E-state index contributed by atoms with van der Waals surface area (Å²) in [6.45, 7) is 0.545. The number of aromatic nitrogens is 2. The van der Waals surface area contributed by atoms with E-state index in [1.165, 1.54) is 0 Å². The second kappa shape index (κ2) is 9.05. The number of para-hydroxylation sites is 1. The zero-order valence-electron chi connectivity index (χ0n) is 16.6. The van der Waals surface area contributed by atoms with E-state index in [4.69, 9.17) is 4.74 Å². The van der Waals surface area contributed by atoms with Gasteiger partial charge in [0.15, 0.2) is 0 Å². The molecular formula is C24H22N4O2. The van der Waals surface area contributed by atoms with E-state index in [0.29, 0.717) is 17.9 Å². The molecule has 0 saturated carbocycles. The second-order valence-electron chi connectivity index (χ2n) is 6.79. The van der Waals surface area contributed by atoms with Crippen molar-refractivity contribution >= 4 is 28.3 Å². The van der Waals surface area contributed by atoms with Gasteiger partial charge in [0.05, 0.1) is 18.3 Å². The highest BCUT2D eigenvalue weighted by Crippen LogP contribution is 2.24. The molecule has 6 heteroatoms. The number of fused-ring (bicyclic) bond motifs is 1. The van der Waals surface area contributed by atoms with E-state index in [1.807, 2.05) is 54.6 Å². The lowest BCUT2D eigenvalue weighted by molar-refractivity contribution is 0.0954. The first-order valence-electron chi connectivity index (χ1n) is 9.71. The van der Waals surface area contributed by atoms with Gasteiger partial charge in [0, 0.05) is 29.9 Å². The smallest absolute Gasteiger partial charge is 0.251 e. The van der Waals surface area contributed by atoms with Crippen LogP contribution in [0.15, 0.2) is 79.1 Å². The lowest BCUT2D eigenvalue weighted by Crippen LogP contribution is -2.25. The number of rotatable bonds is 7. The number of nitrogens with zero attached hydrogens (tertiary/aromatic N) is 2. The predicted molar refractivity (Wildman–Crippen MR) is 118 cm³/mol. The third kappa shape index (κ3) is 4.55. The van der Waals surface area contributed by atoms with Crippen LogP contribution in [0.3, 0.4) is 0 Å². The molecule has 0 bridgehead atoms. The van der Waals surface area contributed by atoms with Crippen molar-refractivity contribution in [3.63, 3.8) is 0 Å². The quantitative estimate of drug-likeness (QED) is 0.484. The number of carbonyl (C=O) groups is 1. The van der Waals surface area contributed by atoms with Gasteiger partial charge in [-0.25, -0.2) is 4.98 Å². The number of hydrogen-bond donors (Lipinski definition) is 2. The maximum atomic E-state index is 12.6. The van der Waals surface area contributed by atoms with Crippen LogP contribution in [0.4, 0.5) is 11.5 Å². The SMILES string of the molecule is COc1ccc(CCNC(=O)c2ccnc(Nc3cccc4cccnc34)c2)cc1. The number of pyridine rings is 2. The summed E-state index contributed by atoms with van der Waals surface area (Å²) in [7, 11) is 1.64. The van der Waals surface area contributed by atoms with E-state index >= 15 is 0 Å². The monoisotopic (exact) mass is 398 g/mol. The number of anilines is 2. The molecule has 4 rings (SSSR count). The van der Waals surface area contributed by atoms with Gasteiger partial charge in [0.25, 0.3) is 5.91 Å². The Balaban J connectivity index is 1.40. The van der Waals surface area contributed by atoms with Crippen molar-refractivity contribution < 1.29 is 9.53 Å². The lowest BCUT2D eigenvalue weighted by atomic mass is 10.1. The van der Waals surface area contributed by atoms with E-state index in [0.717, 1.165) is 34.3 Å². The Bertz CT molecular complexity index is 1150. The zero-order valence-corrected chi connectivity index (χ0v) is 16.6. The number of benzene rings is 2. The Labute approximate surface area is 175 Å². The normalized spacial score (nSPS) is 10.6. The number of hydrogen-bond acceptors (Lipinski definition) is 5. The Hall–Kier alpha value is -3.93. The summed E-state index contributed by atoms with van der Waals surface area (Å²) >= 11 is 0. The fourth-order valence-corrected chi connectivity index (χ4v) is 3.20. The highest BCUT2D eigenvalue weighted by molar-refractivity contribution is 5.96. The standard InChI is InChI=1S/C24H22N4O2/c1-30-20-9-7-17(8-10-20)11-14-27-24(29)19-12-15-25-22(16-19)28-21-6-2-4-18-5-3-13-26-23(18)21/h2-10,12-13,15-16H,11,14H2,1H3,(H,25,28)(H,27,29). The average Bonchev–Trinajstić information content (AvgIpc) is 2.80. The fraction of sp³-hybridized carbons (Fsp3) is 0.125. The van der Waals surface area contributed by atoms with Gasteiger partial charge >= 0.3 is 0 Å². The molecule has 150 valence electrons. The number of methoxy groups -OCH3 is 1. The van der Waals surface area contributed by atoms with Gasteiger partial charge in [-0.15, -0.1) is 0 Å². The van der Waals surface area contributed by atoms with Crippen LogP contribution in [0.1, 0.15) is 15.9 Å². The first kappa shape index (κ1) is 19.4. The first-order valence-corrected chi connectivity index (χ1v) is 9.71. The largest absolute Gasteiger partial charge is 0.497 e. The predicted octanol–water partition coefficient (Wildman–Crippen LogP) is 4.35. The van der Waals surface area contributed by atoms with Crippen molar-refractivity contribution in [1.29, 1.82) is 0 Å². The molecule has 0 aliphatic carbocycles. The van der Waals surface area contributed by atoms with Crippen molar-refractivity contribution in [2.24, 2.45) is 0 Å². The molecule has 0 radical (unpaired) electrons. The van der Waals surface area contributed by atoms with Gasteiger partial charge in [0.1, 0.15) is 11.6 Å². The summed E-state index contributed by atoms with van der Waals surface area (Å²) in [5.41, 5.74) is 3.39. The van der Waals surface area contributed by atoms with Crippen molar-refractivity contribution in [1.82, 2.24) is 15.3 Å². The third-order valence-corrected chi connectivity index (χ3v) is 4.78. The van der Waals surface area contributed by atoms with Crippen molar-refractivity contribution in [2.75, 3.05) is 19.0 Å². The van der Waals surface area contributed by atoms with Crippen LogP contribution < -0.4 is 15.4 Å². The van der Waals surface area contributed by atoms with Crippen molar-refractivity contribution in [3.05, 3.63) is 90.3 Å². The first-order chi connectivity index (χ1) is 14.7. The molecule has 4 aromatic rings. The lowest BCUT2D eigenvalue weighted by Gasteiger charge is -2.10. The van der Waals surface area contributed by atoms with Crippen LogP contribution in [0.2, 0.25) is 0 Å². The molecule has 6 nitrogen and oxygen atoms in total. The van der Waals surface area contributed by atoms with Gasteiger partial charge in [-0.3, -0.25) is 9.78 Å². The van der Waals surface area contributed by atoms with Gasteiger partial charge in [-0.05, 0) is 48.4 Å². The van der Waals surface area contributed by atoms with E-state index in [1.54, 1.807) is 31.6 Å². The van der Waals surface area contributed by atoms with E-state index in [2.05, 4.69) is 20.6 Å². The second-order valence-corrected chi connectivity index (χ2v) is 6.79. The Kier molecular flexibility index (Phi) is 5.85. The minimum atomic E-state index is -0.134. The van der Waals surface area contributed by atoms with Crippen LogP contribution in [0.25, 0.3) is 10.9 Å². The van der Waals surface area contributed by atoms with Gasteiger partial charge in [-0.1, -0.05) is 30.3 Å². The van der Waals surface area contributed by atoms with E-state index in [9.17, 15) is 4.79 Å². The molecule has 30 heavy (non-hydrogen) atoms. The summed E-state index contributed by atoms with van der Waals surface area (Å²) in [6, 6.07) is 21.1. The van der Waals surface area contributed by atoms with Crippen molar-refractivity contribution in [2.45, 2.75) is 6.42 Å². The Morgan fingerprint density at radius 2 is 1.80 bits per heavy atom. The van der Waals surface area contributed by atoms with Crippen LogP contribution >= 0.6 is 0 Å². The molecule has 1 amide bonds. The molecule has 0 unspecified atom stereocenters. The Morgan fingerprint density at radius 1 is 0.967 bits per heavy atom. The van der Waals surface area contributed by atoms with Crippen LogP contribution in [-0.4, -0.2) is 29.5 Å². The molecule has 0 aliphatic heterocycles. The molecule has 2 N–H and O–H groups in total. The molecule has 0 spiro atoms. The summed E-state index contributed by atoms with van der Waals surface area (Å²) in [5.74, 6) is 1.28. The summed E-state index contributed by atoms with van der Waals surface area (Å²) in [5, 5.41) is 7.27. The molecule has 0 fully saturated rings. The summed E-state index contributed by atoms with van der Waals surface area (Å²) in [6.07, 6.45) is 4.13. The average molecular weight is 398 g/mol. The van der Waals surface area contributed by atoms with Crippen molar-refractivity contribution in [3.8, 4) is 5.75 Å². The van der Waals surface area contributed by atoms with Crippen LogP contribution in [0, 0.1) is 0 Å². The van der Waals surface area contributed by atoms with Gasteiger partial charge in [0.2, 0.25) is 0 Å². The minimum absolute atomic E-state index is 0.134. The molecular weight excluding hydrogens is 376 g/mol. The summed E-state index contributed by atoms with van der Waals surface area (Å²) in [4.78, 5) is 21.3. The molecule has 0 saturated heterocycles. The van der Waals surface area contributed by atoms with E-state index in [-0.39, 0.29) is 5.91 Å². The summed E-state index contributed by atoms with van der Waals surface area (Å²) < 4.78 is 5.16. The Morgan fingerprint density at radius 3 is 2.63 bits per heavy atom. The molecule has 0 atom stereocenters. The molecule has 0 aliphatic rings. The minimum Gasteiger partial charge on any atom is -0.497 e. The van der Waals surface area contributed by atoms with Crippen LogP contribution in [0.5, 0.6) is 5.75 Å².